The van der Waals surface area contributed by atoms with E-state index in [0.29, 0.717) is 18.4 Å². The summed E-state index contributed by atoms with van der Waals surface area (Å²) in [4.78, 5) is 10.9. The first-order valence-corrected chi connectivity index (χ1v) is 6.58. The third-order valence-electron chi connectivity index (χ3n) is 3.36. The molecule has 0 bridgehead atoms. The lowest BCUT2D eigenvalue weighted by molar-refractivity contribution is -0.143. The van der Waals surface area contributed by atoms with Crippen molar-refractivity contribution in [1.82, 2.24) is 0 Å². The number of aliphatic carboxylic acids is 1. The fraction of sp³-hybridized carbons (Fsp3) is 0.533. The van der Waals surface area contributed by atoms with Crippen molar-refractivity contribution < 1.29 is 14.3 Å². The Morgan fingerprint density at radius 2 is 2.11 bits per heavy atom. The van der Waals surface area contributed by atoms with Crippen LogP contribution in [-0.2, 0) is 11.2 Å². The number of hydrogen-bond donors (Lipinski definition) is 2. The number of hydrogen-bond acceptors (Lipinski definition) is 2. The lowest BCUT2D eigenvalue weighted by atomic mass is 9.87. The van der Waals surface area contributed by atoms with E-state index in [9.17, 15) is 9.18 Å². The van der Waals surface area contributed by atoms with E-state index in [1.54, 1.807) is 12.1 Å². The van der Waals surface area contributed by atoms with Crippen LogP contribution in [0, 0.1) is 11.7 Å². The first-order chi connectivity index (χ1) is 8.83. The molecule has 19 heavy (non-hydrogen) atoms. The number of halogens is 1. The van der Waals surface area contributed by atoms with Crippen LogP contribution in [0.15, 0.2) is 24.3 Å². The molecule has 3 N–H and O–H groups in total. The zero-order valence-electron chi connectivity index (χ0n) is 11.5. The van der Waals surface area contributed by atoms with Crippen molar-refractivity contribution in [2.75, 3.05) is 0 Å². The molecule has 1 aromatic rings. The van der Waals surface area contributed by atoms with Crippen molar-refractivity contribution in [3.63, 3.8) is 0 Å². The van der Waals surface area contributed by atoms with E-state index in [4.69, 9.17) is 10.8 Å². The fourth-order valence-corrected chi connectivity index (χ4v) is 2.26. The molecule has 0 spiro atoms. The molecule has 0 fully saturated rings. The van der Waals surface area contributed by atoms with Crippen molar-refractivity contribution in [2.24, 2.45) is 11.7 Å². The average molecular weight is 267 g/mol. The molecule has 1 rings (SSSR count). The van der Waals surface area contributed by atoms with Crippen LogP contribution in [0.4, 0.5) is 4.39 Å². The quantitative estimate of drug-likeness (QED) is 0.798. The highest BCUT2D eigenvalue weighted by atomic mass is 19.1. The molecule has 0 aliphatic heterocycles. The molecule has 0 saturated heterocycles. The zero-order valence-corrected chi connectivity index (χ0v) is 11.5. The maximum Gasteiger partial charge on any atom is 0.323 e. The van der Waals surface area contributed by atoms with Crippen LogP contribution in [0.3, 0.4) is 0 Å². The van der Waals surface area contributed by atoms with Gasteiger partial charge in [0.15, 0.2) is 0 Å². The molecule has 106 valence electrons. The Bertz CT molecular complexity index is 432. The molecule has 0 heterocycles. The van der Waals surface area contributed by atoms with Gasteiger partial charge in [-0.2, -0.15) is 0 Å². The van der Waals surface area contributed by atoms with Gasteiger partial charge in [0.05, 0.1) is 0 Å². The van der Waals surface area contributed by atoms with Crippen LogP contribution >= 0.6 is 0 Å². The summed E-state index contributed by atoms with van der Waals surface area (Å²) in [6.07, 6.45) is 2.77. The predicted molar refractivity (Wildman–Crippen MR) is 73.3 cm³/mol. The Kier molecular flexibility index (Phi) is 5.48. The second kappa shape index (κ2) is 6.66. The third-order valence-corrected chi connectivity index (χ3v) is 3.36. The van der Waals surface area contributed by atoms with Gasteiger partial charge in [-0.1, -0.05) is 31.5 Å². The Labute approximate surface area is 113 Å². The van der Waals surface area contributed by atoms with Gasteiger partial charge in [0, 0.05) is 0 Å². The minimum Gasteiger partial charge on any atom is -0.480 e. The van der Waals surface area contributed by atoms with E-state index in [0.717, 1.165) is 12.8 Å². The summed E-state index contributed by atoms with van der Waals surface area (Å²) in [5, 5.41) is 8.96. The summed E-state index contributed by atoms with van der Waals surface area (Å²) in [5.74, 6) is -0.948. The van der Waals surface area contributed by atoms with Gasteiger partial charge < -0.3 is 10.8 Å². The molecular formula is C15H22FNO2. The second-order valence-corrected chi connectivity index (χ2v) is 5.52. The van der Waals surface area contributed by atoms with Crippen LogP contribution in [0.1, 0.15) is 38.7 Å². The molecule has 4 heteroatoms. The third kappa shape index (κ3) is 4.99. The summed E-state index contributed by atoms with van der Waals surface area (Å²) in [5.41, 5.74) is 5.24. The van der Waals surface area contributed by atoms with Crippen LogP contribution in [0.5, 0.6) is 0 Å². The highest BCUT2D eigenvalue weighted by Gasteiger charge is 2.29. The maximum absolute atomic E-state index is 13.4. The van der Waals surface area contributed by atoms with Crippen LogP contribution in [0.2, 0.25) is 0 Å². The standard InChI is InChI=1S/C15H22FNO2/c1-11(10-15(2,17)14(18)19)6-5-8-12-7-3-4-9-13(12)16/h3-4,7,9,11H,5-6,8,10,17H2,1-2H3,(H,18,19). The first-order valence-electron chi connectivity index (χ1n) is 6.58. The van der Waals surface area contributed by atoms with Crippen molar-refractivity contribution >= 4 is 5.97 Å². The Balaban J connectivity index is 2.38. The average Bonchev–Trinajstić information content (AvgIpc) is 2.30. The van der Waals surface area contributed by atoms with Gasteiger partial charge in [-0.25, -0.2) is 4.39 Å². The van der Waals surface area contributed by atoms with Gasteiger partial charge in [0.2, 0.25) is 0 Å². The normalized spacial score (nSPS) is 15.8. The van der Waals surface area contributed by atoms with E-state index < -0.39 is 11.5 Å². The van der Waals surface area contributed by atoms with E-state index in [-0.39, 0.29) is 11.7 Å². The summed E-state index contributed by atoms with van der Waals surface area (Å²) in [7, 11) is 0. The van der Waals surface area contributed by atoms with Crippen molar-refractivity contribution in [1.29, 1.82) is 0 Å². The molecule has 3 nitrogen and oxygen atoms in total. The van der Waals surface area contributed by atoms with E-state index >= 15 is 0 Å². The monoisotopic (exact) mass is 267 g/mol. The number of aryl methyl sites for hydroxylation is 1. The summed E-state index contributed by atoms with van der Waals surface area (Å²) in [6, 6.07) is 6.74. The molecule has 0 saturated carbocycles. The molecule has 0 amide bonds. The summed E-state index contributed by atoms with van der Waals surface area (Å²) in [6.45, 7) is 3.51. The van der Waals surface area contributed by atoms with Gasteiger partial charge >= 0.3 is 5.97 Å². The van der Waals surface area contributed by atoms with Gasteiger partial charge in [0.1, 0.15) is 11.4 Å². The van der Waals surface area contributed by atoms with Crippen molar-refractivity contribution in [2.45, 2.75) is 45.1 Å². The van der Waals surface area contributed by atoms with E-state index in [1.165, 1.54) is 13.0 Å². The number of carboxylic acids is 1. The van der Waals surface area contributed by atoms with Crippen LogP contribution < -0.4 is 5.73 Å². The Morgan fingerprint density at radius 1 is 1.47 bits per heavy atom. The number of benzene rings is 1. The molecule has 1 aromatic carbocycles. The minimum absolute atomic E-state index is 0.177. The summed E-state index contributed by atoms with van der Waals surface area (Å²) >= 11 is 0. The lowest BCUT2D eigenvalue weighted by Crippen LogP contribution is -2.46. The Hall–Kier alpha value is -1.42. The van der Waals surface area contributed by atoms with Crippen LogP contribution in [0.25, 0.3) is 0 Å². The molecule has 0 radical (unpaired) electrons. The van der Waals surface area contributed by atoms with Gasteiger partial charge in [-0.3, -0.25) is 4.79 Å². The van der Waals surface area contributed by atoms with E-state index in [2.05, 4.69) is 0 Å². The number of carbonyl (C=O) groups is 1. The molecule has 0 aromatic heterocycles. The van der Waals surface area contributed by atoms with Gasteiger partial charge in [-0.05, 0) is 43.7 Å². The smallest absolute Gasteiger partial charge is 0.323 e. The number of nitrogens with two attached hydrogens (primary N) is 1. The Morgan fingerprint density at radius 3 is 2.68 bits per heavy atom. The maximum atomic E-state index is 13.4. The second-order valence-electron chi connectivity index (χ2n) is 5.52. The number of carboxylic acid groups (broad SMARTS) is 1. The van der Waals surface area contributed by atoms with Gasteiger partial charge in [-0.15, -0.1) is 0 Å². The summed E-state index contributed by atoms with van der Waals surface area (Å²) < 4.78 is 13.4. The SMILES string of the molecule is CC(CCCc1ccccc1F)CC(C)(N)C(=O)O. The minimum atomic E-state index is -1.18. The first kappa shape index (κ1) is 15.6. The molecule has 2 unspecified atom stereocenters. The number of rotatable bonds is 7. The van der Waals surface area contributed by atoms with E-state index in [1.807, 2.05) is 13.0 Å². The van der Waals surface area contributed by atoms with Crippen molar-refractivity contribution in [3.8, 4) is 0 Å². The van der Waals surface area contributed by atoms with Crippen molar-refractivity contribution in [3.05, 3.63) is 35.6 Å². The zero-order chi connectivity index (χ0) is 14.5. The molecule has 0 aliphatic carbocycles. The lowest BCUT2D eigenvalue weighted by Gasteiger charge is -2.23. The largest absolute Gasteiger partial charge is 0.480 e. The highest BCUT2D eigenvalue weighted by molar-refractivity contribution is 5.77. The molecular weight excluding hydrogens is 245 g/mol. The topological polar surface area (TPSA) is 63.3 Å². The highest BCUT2D eigenvalue weighted by Crippen LogP contribution is 2.20. The molecule has 0 aliphatic rings. The molecule has 2 atom stereocenters. The predicted octanol–water partition coefficient (Wildman–Crippen LogP) is 2.98. The van der Waals surface area contributed by atoms with Crippen LogP contribution in [-0.4, -0.2) is 16.6 Å². The fourth-order valence-electron chi connectivity index (χ4n) is 2.26. The van der Waals surface area contributed by atoms with Gasteiger partial charge in [0.25, 0.3) is 0 Å².